The number of piperazine rings is 1. The molecule has 2 heterocycles. The van der Waals surface area contributed by atoms with Gasteiger partial charge >= 0.3 is 11.9 Å². The van der Waals surface area contributed by atoms with Crippen molar-refractivity contribution in [3.05, 3.63) is 0 Å². The third-order valence-corrected chi connectivity index (χ3v) is 13.7. The molecule has 2 rings (SSSR count). The third kappa shape index (κ3) is 29.8. The Hall–Kier alpha value is -1.22. The van der Waals surface area contributed by atoms with Gasteiger partial charge in [-0.2, -0.15) is 0 Å². The molecule has 2 fully saturated rings. The van der Waals surface area contributed by atoms with E-state index < -0.39 is 5.79 Å². The smallest absolute Gasteiger partial charge is 0.306 e. The number of esters is 2. The maximum Gasteiger partial charge on any atom is 0.306 e. The predicted octanol–water partition coefficient (Wildman–Crippen LogP) is 14.0. The zero-order chi connectivity index (χ0) is 44.1. The zero-order valence-electron chi connectivity index (χ0n) is 41.3. The number of hydrogen-bond donors (Lipinski definition) is 0. The van der Waals surface area contributed by atoms with E-state index >= 15 is 0 Å². The van der Waals surface area contributed by atoms with Gasteiger partial charge in [-0.05, 0) is 70.3 Å². The molecule has 0 amide bonds. The van der Waals surface area contributed by atoms with E-state index in [1.165, 1.54) is 154 Å². The van der Waals surface area contributed by atoms with Crippen LogP contribution in [0.5, 0.6) is 0 Å². The molecule has 1 atom stereocenters. The van der Waals surface area contributed by atoms with Crippen LogP contribution in [0.3, 0.4) is 0 Å². The van der Waals surface area contributed by atoms with Gasteiger partial charge in [-0.3, -0.25) is 14.5 Å². The van der Waals surface area contributed by atoms with Crippen molar-refractivity contribution in [3.63, 3.8) is 0 Å². The van der Waals surface area contributed by atoms with Gasteiger partial charge in [0.15, 0.2) is 5.79 Å². The first-order chi connectivity index (χ1) is 29.8. The number of unbranched alkanes of at least 4 members (excludes halogenated alkanes) is 20. The van der Waals surface area contributed by atoms with Gasteiger partial charge in [-0.25, -0.2) is 0 Å². The third-order valence-electron chi connectivity index (χ3n) is 13.7. The van der Waals surface area contributed by atoms with Crippen molar-refractivity contribution in [2.45, 2.75) is 258 Å². The molecule has 2 aliphatic rings. The molecule has 1 unspecified atom stereocenters. The lowest BCUT2D eigenvalue weighted by atomic mass is 9.92. The molecule has 2 aliphatic heterocycles. The van der Waals surface area contributed by atoms with Crippen LogP contribution < -0.4 is 0 Å². The van der Waals surface area contributed by atoms with Gasteiger partial charge in [0, 0.05) is 58.4 Å². The van der Waals surface area contributed by atoms with Crippen LogP contribution in [0.4, 0.5) is 0 Å². The van der Waals surface area contributed by atoms with Gasteiger partial charge in [0.1, 0.15) is 0 Å². The number of carbonyl (C=O) groups excluding carboxylic acids is 2. The van der Waals surface area contributed by atoms with Crippen molar-refractivity contribution >= 4 is 11.9 Å². The molecule has 61 heavy (non-hydrogen) atoms. The predicted molar refractivity (Wildman–Crippen MR) is 256 cm³/mol. The van der Waals surface area contributed by atoms with Crippen LogP contribution in [0.15, 0.2) is 0 Å². The standard InChI is InChI=1S/C53H102N2O6/c1-6-10-24-32-48(33-25-11-7-2)44-51(56)58-42-30-22-18-14-16-20-28-36-53(60-47-50(61-53)46-55-40-38-54(5)39-41-55)37-29-21-17-15-19-23-31-43-59-52(57)45-49(34-26-12-8-3)35-27-13-9-4/h48-50H,6-47H2,1-5H3. The highest BCUT2D eigenvalue weighted by atomic mass is 16.7. The molecule has 2 saturated heterocycles. The van der Waals surface area contributed by atoms with Gasteiger partial charge in [-0.15, -0.1) is 0 Å². The summed E-state index contributed by atoms with van der Waals surface area (Å²) in [5.41, 5.74) is 0. The monoisotopic (exact) mass is 863 g/mol. The molecule has 0 bridgehead atoms. The lowest BCUT2D eigenvalue weighted by molar-refractivity contribution is -0.181. The molecule has 0 spiro atoms. The summed E-state index contributed by atoms with van der Waals surface area (Å²) in [5, 5.41) is 0. The molecule has 0 aromatic heterocycles. The summed E-state index contributed by atoms with van der Waals surface area (Å²) >= 11 is 0. The first-order valence-electron chi connectivity index (χ1n) is 26.9. The van der Waals surface area contributed by atoms with Crippen LogP contribution in [-0.2, 0) is 28.5 Å². The molecule has 0 radical (unpaired) electrons. The topological polar surface area (TPSA) is 77.5 Å². The second-order valence-corrected chi connectivity index (χ2v) is 19.6. The van der Waals surface area contributed by atoms with Gasteiger partial charge < -0.3 is 23.8 Å². The van der Waals surface area contributed by atoms with Crippen molar-refractivity contribution < 1.29 is 28.5 Å². The Morgan fingerprint density at radius 3 is 1.30 bits per heavy atom. The van der Waals surface area contributed by atoms with Gasteiger partial charge in [-0.1, -0.05) is 169 Å². The van der Waals surface area contributed by atoms with Crippen molar-refractivity contribution in [1.82, 2.24) is 9.80 Å². The molecule has 0 saturated carbocycles. The zero-order valence-corrected chi connectivity index (χ0v) is 41.3. The molecule has 0 aromatic carbocycles. The molecule has 8 heteroatoms. The van der Waals surface area contributed by atoms with Gasteiger partial charge in [0.05, 0.1) is 25.9 Å². The summed E-state index contributed by atoms with van der Waals surface area (Å²) in [6, 6.07) is 0. The number of carbonyl (C=O) groups is 2. The lowest BCUT2D eigenvalue weighted by Gasteiger charge is -2.34. The maximum absolute atomic E-state index is 12.6. The molecule has 0 N–H and O–H groups in total. The minimum Gasteiger partial charge on any atom is -0.466 e. The highest BCUT2D eigenvalue weighted by molar-refractivity contribution is 5.70. The summed E-state index contributed by atoms with van der Waals surface area (Å²) < 4.78 is 24.8. The Balaban J connectivity index is 1.62. The van der Waals surface area contributed by atoms with Crippen molar-refractivity contribution in [1.29, 1.82) is 0 Å². The van der Waals surface area contributed by atoms with E-state index in [0.29, 0.717) is 37.9 Å². The summed E-state index contributed by atoms with van der Waals surface area (Å²) in [6.45, 7) is 16.4. The van der Waals surface area contributed by atoms with Gasteiger partial charge in [0.2, 0.25) is 0 Å². The molecule has 8 nitrogen and oxygen atoms in total. The fourth-order valence-electron chi connectivity index (χ4n) is 9.56. The van der Waals surface area contributed by atoms with E-state index in [1.807, 2.05) is 0 Å². The highest BCUT2D eigenvalue weighted by Gasteiger charge is 2.41. The van der Waals surface area contributed by atoms with E-state index in [1.54, 1.807) is 0 Å². The Labute approximate surface area is 378 Å². The maximum atomic E-state index is 12.6. The molecule has 0 aromatic rings. The minimum absolute atomic E-state index is 0.0228. The van der Waals surface area contributed by atoms with Crippen LogP contribution in [-0.4, -0.2) is 93.2 Å². The highest BCUT2D eigenvalue weighted by Crippen LogP contribution is 2.35. The fourth-order valence-corrected chi connectivity index (χ4v) is 9.56. The first-order valence-corrected chi connectivity index (χ1v) is 26.9. The Kier molecular flexibility index (Phi) is 34.9. The van der Waals surface area contributed by atoms with Crippen LogP contribution >= 0.6 is 0 Å². The minimum atomic E-state index is -0.416. The van der Waals surface area contributed by atoms with E-state index in [0.717, 1.165) is 90.7 Å². The Morgan fingerprint density at radius 2 is 0.902 bits per heavy atom. The summed E-state index contributed by atoms with van der Waals surface area (Å²) in [7, 11) is 2.22. The van der Waals surface area contributed by atoms with Gasteiger partial charge in [0.25, 0.3) is 0 Å². The summed E-state index contributed by atoms with van der Waals surface area (Å²) in [5.74, 6) is 0.634. The second kappa shape index (κ2) is 38.1. The van der Waals surface area contributed by atoms with E-state index in [-0.39, 0.29) is 18.0 Å². The summed E-state index contributed by atoms with van der Waals surface area (Å²) in [4.78, 5) is 30.1. The molecular weight excluding hydrogens is 761 g/mol. The fraction of sp³-hybridized carbons (Fsp3) is 0.962. The van der Waals surface area contributed by atoms with E-state index in [2.05, 4.69) is 44.5 Å². The van der Waals surface area contributed by atoms with E-state index in [4.69, 9.17) is 18.9 Å². The molecular formula is C53H102N2O6. The number of ether oxygens (including phenoxy) is 4. The van der Waals surface area contributed by atoms with Crippen molar-refractivity contribution in [2.75, 3.05) is 59.6 Å². The van der Waals surface area contributed by atoms with Crippen molar-refractivity contribution in [3.8, 4) is 0 Å². The van der Waals surface area contributed by atoms with Crippen molar-refractivity contribution in [2.24, 2.45) is 11.8 Å². The van der Waals surface area contributed by atoms with Crippen LogP contribution in [0.25, 0.3) is 0 Å². The SMILES string of the molecule is CCCCCC(CCCCC)CC(=O)OCCCCCCCCCC1(CCCCCCCCCOC(=O)CC(CCCCC)CCCCC)OCC(CN2CCN(C)CC2)O1. The Morgan fingerprint density at radius 1 is 0.525 bits per heavy atom. The molecule has 0 aliphatic carbocycles. The first kappa shape index (κ1) is 55.9. The molecule has 360 valence electrons. The average molecular weight is 863 g/mol. The number of rotatable bonds is 42. The number of likely N-dealkylation sites (N-methyl/N-ethyl adjacent to an activating group) is 1. The Bertz CT molecular complexity index is 941. The average Bonchev–Trinajstić information content (AvgIpc) is 3.65. The normalized spacial score (nSPS) is 17.2. The summed E-state index contributed by atoms with van der Waals surface area (Å²) in [6.07, 6.45) is 39.4. The van der Waals surface area contributed by atoms with Crippen LogP contribution in [0.2, 0.25) is 0 Å². The number of nitrogens with zero attached hydrogens (tertiary/aromatic N) is 2. The largest absolute Gasteiger partial charge is 0.466 e. The van der Waals surface area contributed by atoms with E-state index in [9.17, 15) is 9.59 Å². The lowest BCUT2D eigenvalue weighted by Crippen LogP contribution is -2.47. The quantitative estimate of drug-likeness (QED) is 0.0444. The van der Waals surface area contributed by atoms with Crippen LogP contribution in [0, 0.1) is 11.8 Å². The second-order valence-electron chi connectivity index (χ2n) is 19.6. The van der Waals surface area contributed by atoms with Crippen LogP contribution in [0.1, 0.15) is 246 Å². The number of hydrogen-bond acceptors (Lipinski definition) is 8.